The van der Waals surface area contributed by atoms with E-state index in [9.17, 15) is 0 Å². The Hall–Kier alpha value is -0.270. The highest BCUT2D eigenvalue weighted by molar-refractivity contribution is 6.25. The maximum atomic E-state index is 8.64. The third-order valence-electron chi connectivity index (χ3n) is 1.63. The highest BCUT2D eigenvalue weighted by Gasteiger charge is 2.22. The third kappa shape index (κ3) is 1.86. The van der Waals surface area contributed by atoms with E-state index in [2.05, 4.69) is 0 Å². The predicted octanol–water partition coefficient (Wildman–Crippen LogP) is 1.86. The molecule has 1 N–H and O–H groups in total. The predicted molar refractivity (Wildman–Crippen MR) is 43.2 cm³/mol. The van der Waals surface area contributed by atoms with Gasteiger partial charge in [0.25, 0.3) is 0 Å². The maximum absolute atomic E-state index is 8.64. The fourth-order valence-electron chi connectivity index (χ4n) is 1.01. The minimum absolute atomic E-state index is 0.154. The Bertz CT molecular complexity index is 163. The molecule has 1 aliphatic rings. The maximum Gasteiger partial charge on any atom is 0.0685 e. The lowest BCUT2D eigenvalue weighted by Gasteiger charge is -2.22. The molecule has 0 aliphatic heterocycles. The Balaban J connectivity index is 2.52. The highest BCUT2D eigenvalue weighted by Crippen LogP contribution is 2.28. The molecule has 56 valence electrons. The van der Waals surface area contributed by atoms with Crippen LogP contribution >= 0.6 is 11.6 Å². The van der Waals surface area contributed by atoms with Crippen molar-refractivity contribution in [2.75, 3.05) is 6.61 Å². The summed E-state index contributed by atoms with van der Waals surface area (Å²) in [6, 6.07) is 0. The average molecular weight is 159 g/mol. The van der Waals surface area contributed by atoms with Crippen molar-refractivity contribution < 1.29 is 5.11 Å². The Morgan fingerprint density at radius 3 is 2.80 bits per heavy atom. The van der Waals surface area contributed by atoms with E-state index in [-0.39, 0.29) is 11.5 Å². The summed E-state index contributed by atoms with van der Waals surface area (Å²) in [5.41, 5.74) is 0. The largest absolute Gasteiger partial charge is 0.396 e. The molecule has 0 saturated carbocycles. The quantitative estimate of drug-likeness (QED) is 0.609. The van der Waals surface area contributed by atoms with Gasteiger partial charge >= 0.3 is 0 Å². The van der Waals surface area contributed by atoms with Gasteiger partial charge in [-0.1, -0.05) is 24.3 Å². The van der Waals surface area contributed by atoms with Crippen molar-refractivity contribution in [1.29, 1.82) is 0 Å². The average Bonchev–Trinajstić information content (AvgIpc) is 1.89. The van der Waals surface area contributed by atoms with Crippen LogP contribution in [0.15, 0.2) is 24.3 Å². The second-order valence-corrected chi connectivity index (χ2v) is 3.25. The van der Waals surface area contributed by atoms with Gasteiger partial charge in [-0.05, 0) is 12.8 Å². The molecule has 0 saturated heterocycles. The lowest BCUT2D eigenvalue weighted by Crippen LogP contribution is -2.20. The highest BCUT2D eigenvalue weighted by atomic mass is 35.5. The molecule has 1 unspecified atom stereocenters. The molecule has 2 heteroatoms. The summed E-state index contributed by atoms with van der Waals surface area (Å²) in [6.07, 6.45) is 9.30. The minimum Gasteiger partial charge on any atom is -0.396 e. The molecule has 0 aromatic rings. The van der Waals surface area contributed by atoms with Gasteiger partial charge in [0, 0.05) is 6.61 Å². The number of allylic oxidation sites excluding steroid dienone is 4. The Morgan fingerprint density at radius 1 is 1.50 bits per heavy atom. The standard InChI is InChI=1S/C8H11ClO/c9-8(6-7-10)4-2-1-3-5-8/h1-4,10H,5-7H2. The normalized spacial score (nSPS) is 31.0. The third-order valence-corrected chi connectivity index (χ3v) is 2.10. The first kappa shape index (κ1) is 7.83. The summed E-state index contributed by atoms with van der Waals surface area (Å²) < 4.78 is 0. The zero-order valence-electron chi connectivity index (χ0n) is 5.76. The van der Waals surface area contributed by atoms with Crippen LogP contribution in [0.4, 0.5) is 0 Å². The molecule has 0 aromatic heterocycles. The zero-order valence-corrected chi connectivity index (χ0v) is 6.51. The van der Waals surface area contributed by atoms with Crippen molar-refractivity contribution >= 4 is 11.6 Å². The van der Waals surface area contributed by atoms with E-state index in [0.29, 0.717) is 6.42 Å². The summed E-state index contributed by atoms with van der Waals surface area (Å²) in [6.45, 7) is 0.154. The van der Waals surface area contributed by atoms with E-state index in [1.807, 2.05) is 24.3 Å². The van der Waals surface area contributed by atoms with Gasteiger partial charge in [-0.25, -0.2) is 0 Å². The molecule has 0 radical (unpaired) electrons. The smallest absolute Gasteiger partial charge is 0.0685 e. The topological polar surface area (TPSA) is 20.2 Å². The van der Waals surface area contributed by atoms with Crippen molar-refractivity contribution in [1.82, 2.24) is 0 Å². The molecular weight excluding hydrogens is 148 g/mol. The monoisotopic (exact) mass is 158 g/mol. The molecule has 1 rings (SSSR count). The van der Waals surface area contributed by atoms with Gasteiger partial charge in [-0.2, -0.15) is 0 Å². The van der Waals surface area contributed by atoms with Crippen molar-refractivity contribution in [3.63, 3.8) is 0 Å². The summed E-state index contributed by atoms with van der Waals surface area (Å²) >= 11 is 6.08. The Labute approximate surface area is 66.0 Å². The number of hydrogen-bond acceptors (Lipinski definition) is 1. The van der Waals surface area contributed by atoms with E-state index < -0.39 is 0 Å². The molecule has 10 heavy (non-hydrogen) atoms. The van der Waals surface area contributed by atoms with Crippen LogP contribution in [-0.4, -0.2) is 16.6 Å². The van der Waals surface area contributed by atoms with Crippen molar-refractivity contribution in [2.24, 2.45) is 0 Å². The van der Waals surface area contributed by atoms with Crippen LogP contribution in [0.5, 0.6) is 0 Å². The van der Waals surface area contributed by atoms with E-state index >= 15 is 0 Å². The van der Waals surface area contributed by atoms with Crippen LogP contribution in [0.25, 0.3) is 0 Å². The zero-order chi connectivity index (χ0) is 7.45. The van der Waals surface area contributed by atoms with E-state index in [0.717, 1.165) is 6.42 Å². The second-order valence-electron chi connectivity index (χ2n) is 2.50. The number of halogens is 1. The molecule has 1 atom stereocenters. The van der Waals surface area contributed by atoms with Gasteiger partial charge in [0.05, 0.1) is 4.87 Å². The van der Waals surface area contributed by atoms with E-state index in [4.69, 9.17) is 16.7 Å². The lowest BCUT2D eigenvalue weighted by atomic mass is 9.97. The van der Waals surface area contributed by atoms with Crippen LogP contribution in [0, 0.1) is 0 Å². The van der Waals surface area contributed by atoms with Crippen LogP contribution in [0.2, 0.25) is 0 Å². The number of rotatable bonds is 2. The lowest BCUT2D eigenvalue weighted by molar-refractivity contribution is 0.275. The Kier molecular flexibility index (Phi) is 2.52. The molecule has 0 bridgehead atoms. The minimum atomic E-state index is -0.316. The molecular formula is C8H11ClO. The van der Waals surface area contributed by atoms with Gasteiger partial charge < -0.3 is 5.11 Å². The molecule has 0 spiro atoms. The van der Waals surface area contributed by atoms with Crippen molar-refractivity contribution in [3.8, 4) is 0 Å². The van der Waals surface area contributed by atoms with Crippen LogP contribution in [0.3, 0.4) is 0 Å². The van der Waals surface area contributed by atoms with Gasteiger partial charge in [0.15, 0.2) is 0 Å². The van der Waals surface area contributed by atoms with Gasteiger partial charge in [0.2, 0.25) is 0 Å². The molecule has 0 fully saturated rings. The SMILES string of the molecule is OCCC1(Cl)C=CC=CC1. The number of alkyl halides is 1. The fourth-order valence-corrected chi connectivity index (χ4v) is 1.26. The van der Waals surface area contributed by atoms with Crippen LogP contribution < -0.4 is 0 Å². The van der Waals surface area contributed by atoms with E-state index in [1.54, 1.807) is 0 Å². The Morgan fingerprint density at radius 2 is 2.30 bits per heavy atom. The molecule has 0 heterocycles. The van der Waals surface area contributed by atoms with Gasteiger partial charge in [-0.15, -0.1) is 11.6 Å². The van der Waals surface area contributed by atoms with E-state index in [1.165, 1.54) is 0 Å². The number of aliphatic hydroxyl groups excluding tert-OH is 1. The molecule has 0 aromatic carbocycles. The number of hydrogen-bond donors (Lipinski definition) is 1. The van der Waals surface area contributed by atoms with Crippen molar-refractivity contribution in [2.45, 2.75) is 17.7 Å². The second kappa shape index (κ2) is 3.22. The first-order valence-electron chi connectivity index (χ1n) is 3.41. The fraction of sp³-hybridized carbons (Fsp3) is 0.500. The summed E-state index contributed by atoms with van der Waals surface area (Å²) in [7, 11) is 0. The van der Waals surface area contributed by atoms with Crippen LogP contribution in [-0.2, 0) is 0 Å². The molecule has 0 amide bonds. The first-order valence-corrected chi connectivity index (χ1v) is 3.79. The molecule has 1 nitrogen and oxygen atoms in total. The molecule has 1 aliphatic carbocycles. The van der Waals surface area contributed by atoms with Gasteiger partial charge in [0.1, 0.15) is 0 Å². The number of aliphatic hydroxyl groups is 1. The van der Waals surface area contributed by atoms with Gasteiger partial charge in [-0.3, -0.25) is 0 Å². The van der Waals surface area contributed by atoms with Crippen molar-refractivity contribution in [3.05, 3.63) is 24.3 Å². The summed E-state index contributed by atoms with van der Waals surface area (Å²) in [5, 5.41) is 8.64. The first-order chi connectivity index (χ1) is 4.77. The summed E-state index contributed by atoms with van der Waals surface area (Å²) in [5.74, 6) is 0. The van der Waals surface area contributed by atoms with Crippen LogP contribution in [0.1, 0.15) is 12.8 Å². The summed E-state index contributed by atoms with van der Waals surface area (Å²) in [4.78, 5) is -0.316.